The molecule has 428 valence electrons. The molecule has 3 aliphatic rings. The van der Waals surface area contributed by atoms with Gasteiger partial charge in [-0.1, -0.05) is 36.4 Å². The number of hydrogen-bond acceptors (Lipinski definition) is 20. The smallest absolute Gasteiger partial charge is 0.303 e. The Hall–Kier alpha value is -8.91. The Morgan fingerprint density at radius 1 is 0.346 bits per heavy atom. The summed E-state index contributed by atoms with van der Waals surface area (Å²) >= 11 is 0. The number of ether oxygens (including phenoxy) is 17. The highest BCUT2D eigenvalue weighted by atomic mass is 16.6. The van der Waals surface area contributed by atoms with Crippen LogP contribution in [0, 0.1) is 0 Å². The molecular formula is C61H64O20. The molecule has 0 bridgehead atoms. The van der Waals surface area contributed by atoms with Crippen LogP contribution in [0.25, 0.3) is 0 Å². The predicted octanol–water partition coefficient (Wildman–Crippen LogP) is 9.90. The third-order valence-corrected chi connectivity index (χ3v) is 14.4. The summed E-state index contributed by atoms with van der Waals surface area (Å²) in [7, 11) is 15.0. The number of hydrogen-bond donors (Lipinski definition) is 0. The summed E-state index contributed by atoms with van der Waals surface area (Å²) in [5.41, 5.74) is 3.23. The number of carbonyl (C=O) groups is 3. The summed E-state index contributed by atoms with van der Waals surface area (Å²) in [6, 6.07) is 28.3. The largest absolute Gasteiger partial charge is 0.497 e. The lowest BCUT2D eigenvalue weighted by Gasteiger charge is -2.46. The molecule has 0 aromatic heterocycles. The minimum absolute atomic E-state index is 0.0766. The summed E-state index contributed by atoms with van der Waals surface area (Å²) in [5, 5.41) is 0. The third-order valence-electron chi connectivity index (χ3n) is 14.4. The Morgan fingerprint density at radius 2 is 0.765 bits per heavy atom. The van der Waals surface area contributed by atoms with E-state index in [2.05, 4.69) is 0 Å². The molecule has 0 aliphatic carbocycles. The maximum Gasteiger partial charge on any atom is 0.303 e. The van der Waals surface area contributed by atoms with Gasteiger partial charge >= 0.3 is 17.9 Å². The van der Waals surface area contributed by atoms with E-state index in [4.69, 9.17) is 80.5 Å². The van der Waals surface area contributed by atoms with E-state index >= 15 is 0 Å². The van der Waals surface area contributed by atoms with Crippen molar-refractivity contribution in [2.45, 2.75) is 75.5 Å². The Balaban J connectivity index is 1.36. The van der Waals surface area contributed by atoms with Crippen LogP contribution in [0.3, 0.4) is 0 Å². The lowest BCUT2D eigenvalue weighted by molar-refractivity contribution is -0.186. The van der Waals surface area contributed by atoms with Crippen molar-refractivity contribution in [2.24, 2.45) is 0 Å². The number of rotatable bonds is 19. The van der Waals surface area contributed by atoms with Crippen molar-refractivity contribution in [1.82, 2.24) is 0 Å². The van der Waals surface area contributed by atoms with E-state index in [0.717, 1.165) is 0 Å². The highest BCUT2D eigenvalue weighted by Crippen LogP contribution is 2.61. The first-order valence-corrected chi connectivity index (χ1v) is 25.6. The topological polar surface area (TPSA) is 208 Å². The van der Waals surface area contributed by atoms with E-state index in [1.54, 1.807) is 80.9 Å². The number of carbonyl (C=O) groups excluding carboxylic acids is 3. The zero-order valence-electron chi connectivity index (χ0n) is 47.1. The summed E-state index contributed by atoms with van der Waals surface area (Å²) in [6.07, 6.45) is -9.48. The lowest BCUT2D eigenvalue weighted by Crippen LogP contribution is -2.45. The van der Waals surface area contributed by atoms with Gasteiger partial charge in [-0.25, -0.2) is 0 Å². The molecule has 0 spiro atoms. The van der Waals surface area contributed by atoms with Crippen LogP contribution in [0.4, 0.5) is 0 Å². The molecule has 0 radical (unpaired) electrons. The molecule has 3 heterocycles. The highest BCUT2D eigenvalue weighted by Gasteiger charge is 2.53. The molecule has 9 atom stereocenters. The van der Waals surface area contributed by atoms with E-state index in [-0.39, 0.29) is 45.8 Å². The molecule has 9 unspecified atom stereocenters. The van der Waals surface area contributed by atoms with E-state index in [1.165, 1.54) is 77.6 Å². The van der Waals surface area contributed by atoms with Crippen LogP contribution in [0.1, 0.15) is 96.2 Å². The van der Waals surface area contributed by atoms with Crippen molar-refractivity contribution in [3.05, 3.63) is 136 Å². The average Bonchev–Trinajstić information content (AvgIpc) is 3.57. The molecule has 0 amide bonds. The van der Waals surface area contributed by atoms with Gasteiger partial charge in [0.15, 0.2) is 82.6 Å². The molecule has 0 fully saturated rings. The Kier molecular flexibility index (Phi) is 17.0. The van der Waals surface area contributed by atoms with E-state index in [0.29, 0.717) is 67.9 Å². The summed E-state index contributed by atoms with van der Waals surface area (Å²) < 4.78 is 107. The van der Waals surface area contributed by atoms with Gasteiger partial charge in [0.1, 0.15) is 23.7 Å². The van der Waals surface area contributed by atoms with Gasteiger partial charge in [-0.05, 0) is 71.8 Å². The minimum Gasteiger partial charge on any atom is -0.497 e. The number of benzene rings is 6. The molecule has 20 heteroatoms. The SMILES string of the molecule is COc1ccc(C2Oc3c(ccc(OC)c3OC)C(OC3C(c4ccc(OC)cc4)Oc4c(ccc(OC)c4OC)C3c3cc4c(c(OC)c3OC)OC(c3ccc(OC)c(OC)c3)C(OC(C)=O)C4OC(C)=O)C2OC(C)=O)cc1. The van der Waals surface area contributed by atoms with E-state index in [9.17, 15) is 14.4 Å². The fourth-order valence-electron chi connectivity index (χ4n) is 10.9. The first-order chi connectivity index (χ1) is 39.2. The number of esters is 3. The third kappa shape index (κ3) is 10.7. The van der Waals surface area contributed by atoms with Crippen LogP contribution in [-0.4, -0.2) is 107 Å². The van der Waals surface area contributed by atoms with Crippen molar-refractivity contribution in [3.8, 4) is 74.7 Å². The van der Waals surface area contributed by atoms with Gasteiger partial charge in [0.25, 0.3) is 0 Å². The number of methoxy groups -OCH3 is 10. The molecule has 9 rings (SSSR count). The van der Waals surface area contributed by atoms with Gasteiger partial charge in [0, 0.05) is 54.5 Å². The van der Waals surface area contributed by atoms with Crippen molar-refractivity contribution < 1.29 is 94.9 Å². The maximum absolute atomic E-state index is 13.6. The predicted molar refractivity (Wildman–Crippen MR) is 289 cm³/mol. The molecular weight excluding hydrogens is 1050 g/mol. The van der Waals surface area contributed by atoms with Crippen molar-refractivity contribution in [3.63, 3.8) is 0 Å². The Morgan fingerprint density at radius 3 is 1.23 bits per heavy atom. The second-order valence-electron chi connectivity index (χ2n) is 18.8. The van der Waals surface area contributed by atoms with Gasteiger partial charge in [-0.15, -0.1) is 0 Å². The molecule has 0 saturated carbocycles. The molecule has 0 N–H and O–H groups in total. The summed E-state index contributed by atoms with van der Waals surface area (Å²) in [6.45, 7) is 3.80. The second kappa shape index (κ2) is 24.2. The second-order valence-corrected chi connectivity index (χ2v) is 18.8. The highest BCUT2D eigenvalue weighted by molar-refractivity contribution is 5.71. The van der Waals surface area contributed by atoms with Gasteiger partial charge in [0.2, 0.25) is 17.2 Å². The standard InChI is InChI=1S/C61H64O20/c1-30(62)75-55-41-29-40(50(71-10)59(74-13)54(41)80-49(61(55)77-32(3)64)35-18-25-42(67-6)45(28-35)70-9)46-38-23-26-43(68-7)56(72-11)51(38)78-47(33-14-19-36(65-4)20-15-33)58(46)81-53-39-24-27-44(69-8)57(73-12)52(39)79-48(60(53)76-31(2)63)34-16-21-37(66-5)22-17-34/h14-29,46-49,53,55,58,60-61H,1-13H3. The number of fused-ring (bicyclic) bond motifs is 3. The Bertz CT molecular complexity index is 3270. The summed E-state index contributed by atoms with van der Waals surface area (Å²) in [5.74, 6) is 0.957. The maximum atomic E-state index is 13.6. The van der Waals surface area contributed by atoms with Crippen LogP contribution in [0.2, 0.25) is 0 Å². The quantitative estimate of drug-likeness (QED) is 0.0546. The summed E-state index contributed by atoms with van der Waals surface area (Å²) in [4.78, 5) is 40.3. The van der Waals surface area contributed by atoms with Crippen LogP contribution in [0.5, 0.6) is 74.7 Å². The van der Waals surface area contributed by atoms with Crippen LogP contribution >= 0.6 is 0 Å². The molecule has 81 heavy (non-hydrogen) atoms. The fourth-order valence-corrected chi connectivity index (χ4v) is 10.9. The molecule has 6 aromatic carbocycles. The fraction of sp³-hybridized carbons (Fsp3) is 0.361. The van der Waals surface area contributed by atoms with Gasteiger partial charge in [-0.2, -0.15) is 0 Å². The van der Waals surface area contributed by atoms with Crippen LogP contribution < -0.4 is 61.6 Å². The van der Waals surface area contributed by atoms with Gasteiger partial charge in [-0.3, -0.25) is 14.4 Å². The van der Waals surface area contributed by atoms with Crippen LogP contribution in [0.15, 0.2) is 97.1 Å². The minimum atomic E-state index is -1.35. The Labute approximate surface area is 468 Å². The first-order valence-electron chi connectivity index (χ1n) is 25.6. The lowest BCUT2D eigenvalue weighted by atomic mass is 9.77. The van der Waals surface area contributed by atoms with Crippen molar-refractivity contribution in [2.75, 3.05) is 71.1 Å². The first kappa shape index (κ1) is 56.8. The van der Waals surface area contributed by atoms with Gasteiger partial charge in [0.05, 0.1) is 71.1 Å². The average molecular weight is 1120 g/mol. The van der Waals surface area contributed by atoms with Crippen LogP contribution in [-0.2, 0) is 33.3 Å². The van der Waals surface area contributed by atoms with Crippen molar-refractivity contribution >= 4 is 17.9 Å². The monoisotopic (exact) mass is 1120 g/mol. The van der Waals surface area contributed by atoms with Gasteiger partial charge < -0.3 is 80.5 Å². The van der Waals surface area contributed by atoms with E-state index < -0.39 is 72.7 Å². The van der Waals surface area contributed by atoms with E-state index in [1.807, 2.05) is 30.3 Å². The zero-order valence-corrected chi connectivity index (χ0v) is 47.1. The normalized spacial score (nSPS) is 21.3. The zero-order chi connectivity index (χ0) is 57.8. The molecule has 6 aromatic rings. The molecule has 3 aliphatic heterocycles. The molecule has 0 saturated heterocycles. The van der Waals surface area contributed by atoms with Crippen molar-refractivity contribution in [1.29, 1.82) is 0 Å². The molecule has 20 nitrogen and oxygen atoms in total.